The summed E-state index contributed by atoms with van der Waals surface area (Å²) in [7, 11) is 0. The monoisotopic (exact) mass is 383 g/mol. The number of para-hydroxylation sites is 1. The molecular formula is C25H37NO2. The first-order chi connectivity index (χ1) is 13.0. The molecule has 3 saturated carbocycles. The lowest BCUT2D eigenvalue weighted by Gasteiger charge is -2.58. The second-order valence-corrected chi connectivity index (χ2v) is 10.3. The van der Waals surface area contributed by atoms with E-state index in [4.69, 9.17) is 0 Å². The number of aliphatic hydroxyl groups excluding tert-OH is 1. The van der Waals surface area contributed by atoms with Gasteiger partial charge in [0, 0.05) is 11.7 Å². The van der Waals surface area contributed by atoms with Crippen molar-refractivity contribution in [2.24, 2.45) is 28.6 Å². The summed E-state index contributed by atoms with van der Waals surface area (Å²) in [6.07, 6.45) is 12.2. The average molecular weight is 384 g/mol. The van der Waals surface area contributed by atoms with Crippen molar-refractivity contribution in [2.45, 2.75) is 77.4 Å². The van der Waals surface area contributed by atoms with Crippen molar-refractivity contribution in [1.82, 2.24) is 0 Å². The SMILES string of the molecule is C[C@]12CC[C@H]3[C@@H](CC=C4C[C@H](O)CC[C@@]43C)[C@@H]1CC[C@@H]2Nc1ccccc1.O. The van der Waals surface area contributed by atoms with Crippen molar-refractivity contribution < 1.29 is 10.6 Å². The lowest BCUT2D eigenvalue weighted by molar-refractivity contribution is -0.0385. The topological polar surface area (TPSA) is 63.8 Å². The van der Waals surface area contributed by atoms with Crippen molar-refractivity contribution in [3.05, 3.63) is 42.0 Å². The number of benzene rings is 1. The van der Waals surface area contributed by atoms with Gasteiger partial charge in [0.25, 0.3) is 0 Å². The standard InChI is InChI=1S/C25H35NO.H2O/c1-24-14-12-19(27)16-17(24)8-9-20-21-10-11-23(25(21,2)15-13-22(20)24)26-18-6-4-3-5-7-18;/h3-8,19-23,26-27H,9-16H2,1-2H3;1H2/t19-,20+,21+,22+,23+,24+,25+;/m1./s1. The van der Waals surface area contributed by atoms with Crippen LogP contribution in [-0.4, -0.2) is 22.7 Å². The number of nitrogens with one attached hydrogen (secondary N) is 1. The first kappa shape index (κ1) is 20.0. The third-order valence-corrected chi connectivity index (χ3v) is 9.19. The maximum Gasteiger partial charge on any atom is 0.0577 e. The third-order valence-electron chi connectivity index (χ3n) is 9.19. The maximum absolute atomic E-state index is 10.2. The Labute approximate surface area is 169 Å². The molecule has 1 aromatic carbocycles. The van der Waals surface area contributed by atoms with Crippen molar-refractivity contribution in [2.75, 3.05) is 5.32 Å². The van der Waals surface area contributed by atoms with E-state index >= 15 is 0 Å². The molecule has 0 aliphatic heterocycles. The quantitative estimate of drug-likeness (QED) is 0.709. The molecule has 0 amide bonds. The van der Waals surface area contributed by atoms with Crippen LogP contribution in [0.25, 0.3) is 0 Å². The summed E-state index contributed by atoms with van der Waals surface area (Å²) in [5.41, 5.74) is 3.65. The van der Waals surface area contributed by atoms with Crippen molar-refractivity contribution in [3.63, 3.8) is 0 Å². The Hall–Kier alpha value is -1.32. The van der Waals surface area contributed by atoms with Crippen LogP contribution in [0.3, 0.4) is 0 Å². The lowest BCUT2D eigenvalue weighted by Crippen LogP contribution is -2.52. The second-order valence-electron chi connectivity index (χ2n) is 10.3. The van der Waals surface area contributed by atoms with Crippen LogP contribution in [-0.2, 0) is 0 Å². The fourth-order valence-electron chi connectivity index (χ4n) is 7.61. The summed E-state index contributed by atoms with van der Waals surface area (Å²) >= 11 is 0. The van der Waals surface area contributed by atoms with Gasteiger partial charge in [-0.2, -0.15) is 0 Å². The zero-order chi connectivity index (χ0) is 18.6. The highest BCUT2D eigenvalue weighted by Crippen LogP contribution is 2.65. The molecule has 0 radical (unpaired) electrons. The summed E-state index contributed by atoms with van der Waals surface area (Å²) in [5.74, 6) is 2.52. The Morgan fingerprint density at radius 3 is 2.54 bits per heavy atom. The largest absolute Gasteiger partial charge is 0.412 e. The molecule has 0 saturated heterocycles. The van der Waals surface area contributed by atoms with E-state index in [0.29, 0.717) is 16.9 Å². The number of hydrogen-bond donors (Lipinski definition) is 2. The van der Waals surface area contributed by atoms with Crippen LogP contribution in [0.1, 0.15) is 65.2 Å². The normalized spacial score (nSPS) is 44.4. The predicted octanol–water partition coefficient (Wildman–Crippen LogP) is 4.97. The number of aliphatic hydroxyl groups is 1. The second kappa shape index (κ2) is 7.18. The first-order valence-electron chi connectivity index (χ1n) is 11.2. The zero-order valence-corrected chi connectivity index (χ0v) is 17.5. The number of anilines is 1. The molecule has 4 N–H and O–H groups in total. The van der Waals surface area contributed by atoms with Crippen LogP contribution in [0.4, 0.5) is 5.69 Å². The van der Waals surface area contributed by atoms with E-state index in [-0.39, 0.29) is 11.6 Å². The molecule has 0 aromatic heterocycles. The molecule has 0 bridgehead atoms. The van der Waals surface area contributed by atoms with Gasteiger partial charge in [0.1, 0.15) is 0 Å². The lowest BCUT2D eigenvalue weighted by atomic mass is 9.48. The van der Waals surface area contributed by atoms with Crippen molar-refractivity contribution in [1.29, 1.82) is 0 Å². The van der Waals surface area contributed by atoms with Crippen LogP contribution < -0.4 is 5.32 Å². The molecule has 28 heavy (non-hydrogen) atoms. The van der Waals surface area contributed by atoms with Gasteiger partial charge in [-0.3, -0.25) is 0 Å². The molecule has 3 heteroatoms. The molecule has 1 aromatic rings. The van der Waals surface area contributed by atoms with E-state index in [2.05, 4.69) is 55.6 Å². The van der Waals surface area contributed by atoms with Gasteiger partial charge < -0.3 is 15.9 Å². The number of rotatable bonds is 2. The van der Waals surface area contributed by atoms with E-state index in [1.807, 2.05) is 0 Å². The number of fused-ring (bicyclic) bond motifs is 5. The zero-order valence-electron chi connectivity index (χ0n) is 17.5. The van der Waals surface area contributed by atoms with Crippen LogP contribution in [0.5, 0.6) is 0 Å². The molecule has 7 atom stereocenters. The van der Waals surface area contributed by atoms with Gasteiger partial charge in [-0.1, -0.05) is 43.7 Å². The number of hydrogen-bond acceptors (Lipinski definition) is 2. The highest BCUT2D eigenvalue weighted by Gasteiger charge is 2.58. The van der Waals surface area contributed by atoms with Gasteiger partial charge in [-0.05, 0) is 92.1 Å². The molecule has 3 nitrogen and oxygen atoms in total. The Balaban J connectivity index is 0.00000192. The summed E-state index contributed by atoms with van der Waals surface area (Å²) < 4.78 is 0. The van der Waals surface area contributed by atoms with Gasteiger partial charge >= 0.3 is 0 Å². The van der Waals surface area contributed by atoms with Crippen LogP contribution in [0, 0.1) is 28.6 Å². The molecule has 0 spiro atoms. The molecule has 0 heterocycles. The van der Waals surface area contributed by atoms with Crippen LogP contribution in [0.2, 0.25) is 0 Å². The minimum Gasteiger partial charge on any atom is -0.412 e. The Bertz CT molecular complexity index is 731. The van der Waals surface area contributed by atoms with Gasteiger partial charge in [0.2, 0.25) is 0 Å². The van der Waals surface area contributed by atoms with Gasteiger partial charge in [0.05, 0.1) is 6.10 Å². The Kier molecular flexibility index (Phi) is 5.12. The summed E-state index contributed by atoms with van der Waals surface area (Å²) in [5, 5.41) is 14.1. The maximum atomic E-state index is 10.2. The Morgan fingerprint density at radius 2 is 1.75 bits per heavy atom. The Morgan fingerprint density at radius 1 is 0.964 bits per heavy atom. The van der Waals surface area contributed by atoms with E-state index in [0.717, 1.165) is 30.6 Å². The van der Waals surface area contributed by atoms with Crippen molar-refractivity contribution in [3.8, 4) is 0 Å². The first-order valence-corrected chi connectivity index (χ1v) is 11.2. The average Bonchev–Trinajstić information content (AvgIpc) is 3.00. The van der Waals surface area contributed by atoms with Gasteiger partial charge in [-0.15, -0.1) is 0 Å². The third kappa shape index (κ3) is 2.93. The fraction of sp³-hybridized carbons (Fsp3) is 0.680. The van der Waals surface area contributed by atoms with E-state index in [1.54, 1.807) is 5.57 Å². The molecule has 154 valence electrons. The summed E-state index contributed by atoms with van der Waals surface area (Å²) in [6.45, 7) is 5.10. The molecule has 4 aliphatic rings. The minimum atomic E-state index is -0.0966. The summed E-state index contributed by atoms with van der Waals surface area (Å²) in [6, 6.07) is 11.4. The van der Waals surface area contributed by atoms with Gasteiger partial charge in [-0.25, -0.2) is 0 Å². The van der Waals surface area contributed by atoms with E-state index in [1.165, 1.54) is 44.2 Å². The molecule has 0 unspecified atom stereocenters. The smallest absolute Gasteiger partial charge is 0.0577 e. The molecule has 3 fully saturated rings. The summed E-state index contributed by atoms with van der Waals surface area (Å²) in [4.78, 5) is 0. The van der Waals surface area contributed by atoms with Crippen LogP contribution >= 0.6 is 0 Å². The molecular weight excluding hydrogens is 346 g/mol. The predicted molar refractivity (Wildman–Crippen MR) is 115 cm³/mol. The van der Waals surface area contributed by atoms with Gasteiger partial charge in [0.15, 0.2) is 0 Å². The van der Waals surface area contributed by atoms with E-state index < -0.39 is 0 Å². The fourth-order valence-corrected chi connectivity index (χ4v) is 7.61. The molecule has 5 rings (SSSR count). The highest BCUT2D eigenvalue weighted by atomic mass is 16.3. The highest BCUT2D eigenvalue weighted by molar-refractivity contribution is 5.44. The molecule has 4 aliphatic carbocycles. The minimum absolute atomic E-state index is 0. The van der Waals surface area contributed by atoms with Crippen molar-refractivity contribution >= 4 is 5.69 Å². The van der Waals surface area contributed by atoms with E-state index in [9.17, 15) is 5.11 Å². The number of allylic oxidation sites excluding steroid dienone is 1. The van der Waals surface area contributed by atoms with Crippen LogP contribution in [0.15, 0.2) is 42.0 Å².